The lowest BCUT2D eigenvalue weighted by atomic mass is 10.2. The van der Waals surface area contributed by atoms with E-state index in [1.54, 1.807) is 0 Å². The Morgan fingerprint density at radius 1 is 0.654 bits per heavy atom. The van der Waals surface area contributed by atoms with E-state index in [-0.39, 0.29) is 5.91 Å². The number of nitrogens with two attached hydrogens (primary N) is 1. The van der Waals surface area contributed by atoms with Crippen molar-refractivity contribution in [1.29, 1.82) is 0 Å². The van der Waals surface area contributed by atoms with Crippen molar-refractivity contribution in [2.24, 2.45) is 5.73 Å². The van der Waals surface area contributed by atoms with Gasteiger partial charge in [-0.3, -0.25) is 4.79 Å². The van der Waals surface area contributed by atoms with Crippen LogP contribution in [0.3, 0.4) is 0 Å². The van der Waals surface area contributed by atoms with Gasteiger partial charge in [0.15, 0.2) is 0 Å². The fourth-order valence-electron chi connectivity index (χ4n) is 3.53. The van der Waals surface area contributed by atoms with E-state index in [2.05, 4.69) is 91.0 Å². The van der Waals surface area contributed by atoms with Gasteiger partial charge in [-0.1, -0.05) is 54.6 Å². The van der Waals surface area contributed by atoms with Crippen molar-refractivity contribution in [1.82, 2.24) is 0 Å². The van der Waals surface area contributed by atoms with Crippen LogP contribution in [0.4, 0.5) is 0 Å². The summed E-state index contributed by atoms with van der Waals surface area (Å²) in [6.45, 7) is 0. The fourth-order valence-corrected chi connectivity index (χ4v) is 7.94. The standard InChI is InChI=1S/C23H24NOP/c24-23(25)18-10-11-19-26(20-12-4-1-5-13-20,21-14-6-2-7-15-21)22-16-8-3-9-17-22/h1-9,12-17H,10-11,18-19H2,(H-,24,25)/p+1. The van der Waals surface area contributed by atoms with Crippen LogP contribution in [0.15, 0.2) is 91.0 Å². The second-order valence-electron chi connectivity index (χ2n) is 6.46. The minimum Gasteiger partial charge on any atom is -0.370 e. The Morgan fingerprint density at radius 2 is 1.04 bits per heavy atom. The van der Waals surface area contributed by atoms with Gasteiger partial charge in [-0.2, -0.15) is 0 Å². The molecule has 1 amide bonds. The third kappa shape index (κ3) is 4.03. The Morgan fingerprint density at radius 3 is 1.38 bits per heavy atom. The van der Waals surface area contributed by atoms with Crippen LogP contribution in [-0.2, 0) is 4.79 Å². The number of hydrogen-bond acceptors (Lipinski definition) is 1. The summed E-state index contributed by atoms with van der Waals surface area (Å²) in [5, 5.41) is 4.16. The molecule has 0 atom stereocenters. The molecule has 0 aromatic heterocycles. The van der Waals surface area contributed by atoms with E-state index in [9.17, 15) is 4.79 Å². The first-order valence-corrected chi connectivity index (χ1v) is 11.0. The topological polar surface area (TPSA) is 43.1 Å². The minimum absolute atomic E-state index is 0.215. The van der Waals surface area contributed by atoms with Gasteiger partial charge in [-0.25, -0.2) is 0 Å². The predicted molar refractivity (Wildman–Crippen MR) is 113 cm³/mol. The van der Waals surface area contributed by atoms with E-state index in [1.165, 1.54) is 15.9 Å². The molecule has 0 radical (unpaired) electrons. The normalized spacial score (nSPS) is 11.2. The quantitative estimate of drug-likeness (QED) is 0.483. The highest BCUT2D eigenvalue weighted by Gasteiger charge is 2.44. The van der Waals surface area contributed by atoms with Gasteiger partial charge in [0.1, 0.15) is 23.2 Å². The van der Waals surface area contributed by atoms with Crippen LogP contribution in [0.2, 0.25) is 0 Å². The van der Waals surface area contributed by atoms with Crippen molar-refractivity contribution < 1.29 is 4.79 Å². The minimum atomic E-state index is -1.77. The molecule has 0 aliphatic heterocycles. The van der Waals surface area contributed by atoms with Crippen molar-refractivity contribution in [3.63, 3.8) is 0 Å². The summed E-state index contributed by atoms with van der Waals surface area (Å²) in [7, 11) is -1.77. The average Bonchev–Trinajstić information content (AvgIpc) is 2.70. The largest absolute Gasteiger partial charge is 0.370 e. The summed E-state index contributed by atoms with van der Waals surface area (Å²) in [6.07, 6.45) is 3.32. The van der Waals surface area contributed by atoms with Crippen LogP contribution in [0.5, 0.6) is 0 Å². The van der Waals surface area contributed by atoms with Gasteiger partial charge >= 0.3 is 0 Å². The molecule has 3 heteroatoms. The third-order valence-corrected chi connectivity index (χ3v) is 9.28. The highest BCUT2D eigenvalue weighted by molar-refractivity contribution is 7.95. The van der Waals surface area contributed by atoms with Gasteiger partial charge in [0.25, 0.3) is 0 Å². The molecule has 3 aromatic carbocycles. The first-order chi connectivity index (χ1) is 12.7. The molecule has 0 bridgehead atoms. The van der Waals surface area contributed by atoms with E-state index < -0.39 is 7.26 Å². The zero-order chi connectivity index (χ0) is 18.2. The van der Waals surface area contributed by atoms with Crippen LogP contribution in [0, 0.1) is 0 Å². The first-order valence-electron chi connectivity index (χ1n) is 9.07. The zero-order valence-corrected chi connectivity index (χ0v) is 15.8. The van der Waals surface area contributed by atoms with Crippen LogP contribution in [-0.4, -0.2) is 12.1 Å². The Kier molecular flexibility index (Phi) is 6.20. The summed E-state index contributed by atoms with van der Waals surface area (Å²) in [6, 6.07) is 32.5. The summed E-state index contributed by atoms with van der Waals surface area (Å²) in [5.74, 6) is -0.215. The van der Waals surface area contributed by atoms with Gasteiger partial charge in [0.2, 0.25) is 5.91 Å². The third-order valence-electron chi connectivity index (χ3n) is 4.76. The predicted octanol–water partition coefficient (Wildman–Crippen LogP) is 3.64. The van der Waals surface area contributed by atoms with Gasteiger partial charge in [0.05, 0.1) is 6.16 Å². The molecule has 2 N–H and O–H groups in total. The Bertz CT molecular complexity index is 722. The second-order valence-corrected chi connectivity index (χ2v) is 10.1. The number of amides is 1. The van der Waals surface area contributed by atoms with Crippen molar-refractivity contribution >= 4 is 29.1 Å². The molecule has 2 nitrogen and oxygen atoms in total. The van der Waals surface area contributed by atoms with Gasteiger partial charge in [-0.05, 0) is 49.2 Å². The van der Waals surface area contributed by atoms with Crippen molar-refractivity contribution in [2.75, 3.05) is 6.16 Å². The van der Waals surface area contributed by atoms with Crippen molar-refractivity contribution in [3.8, 4) is 0 Å². The summed E-state index contributed by atoms with van der Waals surface area (Å²) in [4.78, 5) is 11.2. The number of carbonyl (C=O) groups excluding carboxylic acids is 1. The molecule has 0 saturated carbocycles. The van der Waals surface area contributed by atoms with E-state index >= 15 is 0 Å². The Hall–Kier alpha value is -2.44. The molecule has 0 heterocycles. The highest BCUT2D eigenvalue weighted by atomic mass is 31.2. The molecule has 3 rings (SSSR count). The van der Waals surface area contributed by atoms with Gasteiger partial charge in [0, 0.05) is 6.42 Å². The summed E-state index contributed by atoms with van der Waals surface area (Å²) >= 11 is 0. The van der Waals surface area contributed by atoms with Gasteiger partial charge < -0.3 is 5.73 Å². The number of primary amides is 1. The van der Waals surface area contributed by atoms with E-state index in [1.807, 2.05) is 0 Å². The van der Waals surface area contributed by atoms with Gasteiger partial charge in [-0.15, -0.1) is 0 Å². The van der Waals surface area contributed by atoms with E-state index in [0.717, 1.165) is 19.0 Å². The lowest BCUT2D eigenvalue weighted by Crippen LogP contribution is -2.33. The Balaban J connectivity index is 2.10. The molecule has 0 saturated heterocycles. The summed E-state index contributed by atoms with van der Waals surface area (Å²) < 4.78 is 0. The number of benzene rings is 3. The summed E-state index contributed by atoms with van der Waals surface area (Å²) in [5.41, 5.74) is 5.35. The molecule has 0 spiro atoms. The molecule has 3 aromatic rings. The second kappa shape index (κ2) is 8.78. The number of rotatable bonds is 8. The maximum absolute atomic E-state index is 11.2. The molecule has 26 heavy (non-hydrogen) atoms. The monoisotopic (exact) mass is 362 g/mol. The van der Waals surface area contributed by atoms with E-state index in [4.69, 9.17) is 5.73 Å². The SMILES string of the molecule is NC(=O)CCCC[P+](c1ccccc1)(c1ccccc1)c1ccccc1. The fraction of sp³-hybridized carbons (Fsp3) is 0.174. The molecule has 0 aliphatic rings. The average molecular weight is 362 g/mol. The molecule has 0 fully saturated rings. The lowest BCUT2D eigenvalue weighted by Gasteiger charge is -2.27. The molecular weight excluding hydrogens is 337 g/mol. The molecule has 0 unspecified atom stereocenters. The first kappa shape index (κ1) is 18.4. The van der Waals surface area contributed by atoms with Crippen LogP contribution in [0.25, 0.3) is 0 Å². The number of hydrogen-bond donors (Lipinski definition) is 1. The lowest BCUT2D eigenvalue weighted by molar-refractivity contribution is -0.118. The maximum atomic E-state index is 11.2. The Labute approximate surface area is 156 Å². The van der Waals surface area contributed by atoms with Crippen LogP contribution >= 0.6 is 7.26 Å². The molecule has 132 valence electrons. The highest BCUT2D eigenvalue weighted by Crippen LogP contribution is 2.55. The zero-order valence-electron chi connectivity index (χ0n) is 14.9. The van der Waals surface area contributed by atoms with Crippen molar-refractivity contribution in [3.05, 3.63) is 91.0 Å². The maximum Gasteiger partial charge on any atom is 0.217 e. The smallest absolute Gasteiger partial charge is 0.217 e. The molecular formula is C23H25NOP+. The number of carbonyl (C=O) groups is 1. The van der Waals surface area contributed by atoms with Crippen molar-refractivity contribution in [2.45, 2.75) is 19.3 Å². The molecule has 0 aliphatic carbocycles. The van der Waals surface area contributed by atoms with Crippen LogP contribution < -0.4 is 21.6 Å². The van der Waals surface area contributed by atoms with Crippen LogP contribution in [0.1, 0.15) is 19.3 Å². The number of unbranched alkanes of at least 4 members (excludes halogenated alkanes) is 1. The van der Waals surface area contributed by atoms with E-state index in [0.29, 0.717) is 6.42 Å².